The molecule has 1 aromatic rings. The first-order valence-electron chi connectivity index (χ1n) is 7.70. The Morgan fingerprint density at radius 1 is 1.35 bits per heavy atom. The second-order valence-electron chi connectivity index (χ2n) is 6.80. The Bertz CT molecular complexity index is 610. The maximum Gasteiger partial charge on any atom is 0.410 e. The van der Waals surface area contributed by atoms with Crippen molar-refractivity contribution in [3.63, 3.8) is 0 Å². The first kappa shape index (κ1) is 17.2. The lowest BCUT2D eigenvalue weighted by atomic mass is 10.1. The fourth-order valence-electron chi connectivity index (χ4n) is 2.52. The van der Waals surface area contributed by atoms with Crippen LogP contribution in [-0.2, 0) is 4.74 Å². The van der Waals surface area contributed by atoms with E-state index in [0.717, 1.165) is 6.42 Å². The molecule has 1 atom stereocenters. The summed E-state index contributed by atoms with van der Waals surface area (Å²) in [5, 5.41) is 3.23. The lowest BCUT2D eigenvalue weighted by molar-refractivity contribution is 0.0293. The van der Waals surface area contributed by atoms with E-state index in [-0.39, 0.29) is 17.9 Å². The normalized spacial score (nSPS) is 18.0. The molecule has 0 aliphatic carbocycles. The third-order valence-electron chi connectivity index (χ3n) is 3.56. The van der Waals surface area contributed by atoms with Gasteiger partial charge in [0.15, 0.2) is 5.78 Å². The molecule has 0 bridgehead atoms. The number of hydrogen-bond donors (Lipinski definition) is 1. The number of nitrogens with zero attached hydrogens (tertiary/aromatic N) is 1. The van der Waals surface area contributed by atoms with E-state index < -0.39 is 11.4 Å². The predicted octanol–water partition coefficient (Wildman–Crippen LogP) is 3.45. The van der Waals surface area contributed by atoms with Crippen molar-refractivity contribution in [3.8, 4) is 0 Å². The number of halogens is 1. The number of ketones is 1. The summed E-state index contributed by atoms with van der Waals surface area (Å²) < 4.78 is 18.7. The van der Waals surface area contributed by atoms with Gasteiger partial charge in [-0.15, -0.1) is 0 Å². The van der Waals surface area contributed by atoms with Crippen molar-refractivity contribution >= 4 is 17.6 Å². The van der Waals surface area contributed by atoms with Gasteiger partial charge in [0.2, 0.25) is 0 Å². The second kappa shape index (κ2) is 6.56. The van der Waals surface area contributed by atoms with E-state index in [4.69, 9.17) is 4.74 Å². The van der Waals surface area contributed by atoms with Crippen LogP contribution in [0.1, 0.15) is 44.5 Å². The zero-order valence-electron chi connectivity index (χ0n) is 14.0. The highest BCUT2D eigenvalue weighted by Crippen LogP contribution is 2.22. The molecule has 0 aromatic heterocycles. The molecule has 0 radical (unpaired) electrons. The summed E-state index contributed by atoms with van der Waals surface area (Å²) in [6.07, 6.45) is 0.404. The minimum absolute atomic E-state index is 0.00563. The van der Waals surface area contributed by atoms with Crippen molar-refractivity contribution in [3.05, 3.63) is 29.6 Å². The summed E-state index contributed by atoms with van der Waals surface area (Å²) in [5.74, 6) is -0.642. The largest absolute Gasteiger partial charge is 0.444 e. The summed E-state index contributed by atoms with van der Waals surface area (Å²) in [7, 11) is 0. The van der Waals surface area contributed by atoms with E-state index in [1.807, 2.05) is 20.8 Å². The van der Waals surface area contributed by atoms with Crippen molar-refractivity contribution in [2.45, 2.75) is 45.8 Å². The van der Waals surface area contributed by atoms with E-state index in [1.54, 1.807) is 11.0 Å². The molecule has 1 aliphatic rings. The molecule has 1 saturated heterocycles. The smallest absolute Gasteiger partial charge is 0.410 e. The molecule has 1 N–H and O–H groups in total. The molecule has 2 rings (SSSR count). The van der Waals surface area contributed by atoms with Gasteiger partial charge in [0, 0.05) is 30.4 Å². The number of benzene rings is 1. The van der Waals surface area contributed by atoms with Crippen LogP contribution in [0.4, 0.5) is 14.9 Å². The van der Waals surface area contributed by atoms with Crippen molar-refractivity contribution in [2.24, 2.45) is 0 Å². The molecule has 0 spiro atoms. The van der Waals surface area contributed by atoms with Gasteiger partial charge in [0.05, 0.1) is 0 Å². The Morgan fingerprint density at radius 3 is 2.65 bits per heavy atom. The third kappa shape index (κ3) is 4.68. The molecule has 1 amide bonds. The number of amides is 1. The van der Waals surface area contributed by atoms with Crippen molar-refractivity contribution in [1.82, 2.24) is 4.90 Å². The molecule has 1 heterocycles. The van der Waals surface area contributed by atoms with Crippen LogP contribution in [0.2, 0.25) is 0 Å². The zero-order chi connectivity index (χ0) is 17.2. The highest BCUT2D eigenvalue weighted by Gasteiger charge is 2.30. The Hall–Kier alpha value is -2.11. The SMILES string of the molecule is CC(=O)c1cc(F)ccc1N[C@@H]1CCN(C(=O)OC(C)(C)C)C1. The number of Topliss-reactive ketones (excluding diaryl/α,β-unsaturated/α-hetero) is 1. The molecule has 5 nitrogen and oxygen atoms in total. The highest BCUT2D eigenvalue weighted by atomic mass is 19.1. The zero-order valence-corrected chi connectivity index (χ0v) is 14.0. The number of rotatable bonds is 3. The summed E-state index contributed by atoms with van der Waals surface area (Å²) in [6.45, 7) is 7.96. The first-order chi connectivity index (χ1) is 10.7. The Kier molecular flexibility index (Phi) is 4.92. The number of ether oxygens (including phenoxy) is 1. The lowest BCUT2D eigenvalue weighted by Crippen LogP contribution is -2.36. The van der Waals surface area contributed by atoms with Gasteiger partial charge in [-0.3, -0.25) is 4.79 Å². The van der Waals surface area contributed by atoms with Crippen LogP contribution < -0.4 is 5.32 Å². The molecule has 126 valence electrons. The van der Waals surface area contributed by atoms with Gasteiger partial charge in [-0.25, -0.2) is 9.18 Å². The molecule has 1 fully saturated rings. The van der Waals surface area contributed by atoms with E-state index >= 15 is 0 Å². The van der Waals surface area contributed by atoms with Gasteiger partial charge < -0.3 is 15.0 Å². The topological polar surface area (TPSA) is 58.6 Å². The average molecular weight is 322 g/mol. The van der Waals surface area contributed by atoms with Gasteiger partial charge in [-0.2, -0.15) is 0 Å². The molecule has 0 unspecified atom stereocenters. The van der Waals surface area contributed by atoms with Crippen molar-refractivity contribution < 1.29 is 18.7 Å². The highest BCUT2D eigenvalue weighted by molar-refractivity contribution is 5.99. The maximum absolute atomic E-state index is 13.3. The van der Waals surface area contributed by atoms with Crippen LogP contribution in [0, 0.1) is 5.82 Å². The molecule has 0 saturated carbocycles. The fourth-order valence-corrected chi connectivity index (χ4v) is 2.52. The van der Waals surface area contributed by atoms with Gasteiger partial charge in [0.1, 0.15) is 11.4 Å². The number of carbonyl (C=O) groups is 2. The Labute approximate surface area is 135 Å². The summed E-state index contributed by atoms with van der Waals surface area (Å²) >= 11 is 0. The van der Waals surface area contributed by atoms with Gasteiger partial charge >= 0.3 is 6.09 Å². The van der Waals surface area contributed by atoms with E-state index in [1.165, 1.54) is 19.1 Å². The van der Waals surface area contributed by atoms with Crippen molar-refractivity contribution in [2.75, 3.05) is 18.4 Å². The minimum Gasteiger partial charge on any atom is -0.444 e. The molecule has 6 heteroatoms. The standard InChI is InChI=1S/C17H23FN2O3/c1-11(21)14-9-12(18)5-6-15(14)19-13-7-8-20(10-13)16(22)23-17(2,3)4/h5-6,9,13,19H,7-8,10H2,1-4H3/t13-/m1/s1. The number of nitrogens with one attached hydrogen (secondary N) is 1. The molecule has 1 aliphatic heterocycles. The molecular weight excluding hydrogens is 299 g/mol. The van der Waals surface area contributed by atoms with Crippen LogP contribution >= 0.6 is 0 Å². The summed E-state index contributed by atoms with van der Waals surface area (Å²) in [5.41, 5.74) is 0.386. The third-order valence-corrected chi connectivity index (χ3v) is 3.56. The minimum atomic E-state index is -0.526. The van der Waals surface area contributed by atoms with Crippen molar-refractivity contribution in [1.29, 1.82) is 0 Å². The number of hydrogen-bond acceptors (Lipinski definition) is 4. The molecule has 23 heavy (non-hydrogen) atoms. The monoisotopic (exact) mass is 322 g/mol. The van der Waals surface area contributed by atoms with Gasteiger partial charge in [-0.1, -0.05) is 0 Å². The molecular formula is C17H23FN2O3. The maximum atomic E-state index is 13.3. The summed E-state index contributed by atoms with van der Waals surface area (Å²) in [4.78, 5) is 25.3. The second-order valence-corrected chi connectivity index (χ2v) is 6.80. The van der Waals surface area contributed by atoms with E-state index in [2.05, 4.69) is 5.32 Å². The number of anilines is 1. The van der Waals surface area contributed by atoms with Crippen LogP contribution in [-0.4, -0.2) is 41.5 Å². The predicted molar refractivity (Wildman–Crippen MR) is 86.2 cm³/mol. The summed E-state index contributed by atoms with van der Waals surface area (Å²) in [6, 6.07) is 4.11. The van der Waals surface area contributed by atoms with Crippen LogP contribution in [0.15, 0.2) is 18.2 Å². The fraction of sp³-hybridized carbons (Fsp3) is 0.529. The van der Waals surface area contributed by atoms with Crippen LogP contribution in [0.3, 0.4) is 0 Å². The van der Waals surface area contributed by atoms with Crippen LogP contribution in [0.5, 0.6) is 0 Å². The van der Waals surface area contributed by atoms with Crippen LogP contribution in [0.25, 0.3) is 0 Å². The Morgan fingerprint density at radius 2 is 2.04 bits per heavy atom. The quantitative estimate of drug-likeness (QED) is 0.866. The number of carbonyl (C=O) groups excluding carboxylic acids is 2. The van der Waals surface area contributed by atoms with E-state index in [9.17, 15) is 14.0 Å². The number of likely N-dealkylation sites (tertiary alicyclic amines) is 1. The average Bonchev–Trinajstić information content (AvgIpc) is 2.87. The Balaban J connectivity index is 2.01. The van der Waals surface area contributed by atoms with Gasteiger partial charge in [0.25, 0.3) is 0 Å². The first-order valence-corrected chi connectivity index (χ1v) is 7.70. The van der Waals surface area contributed by atoms with Gasteiger partial charge in [-0.05, 0) is 52.3 Å². The molecule has 1 aromatic carbocycles. The lowest BCUT2D eigenvalue weighted by Gasteiger charge is -2.24. The van der Waals surface area contributed by atoms with E-state index in [0.29, 0.717) is 24.3 Å².